The number of hydrogen-bond donors (Lipinski definition) is 2. The van der Waals surface area contributed by atoms with Gasteiger partial charge < -0.3 is 5.32 Å². The number of sulfonamides is 1. The minimum Gasteiger partial charge on any atom is -0.322 e. The fourth-order valence-electron chi connectivity index (χ4n) is 2.18. The molecule has 0 aliphatic carbocycles. The third-order valence-electron chi connectivity index (χ3n) is 3.44. The Bertz CT molecular complexity index is 857. The smallest absolute Gasteiger partial charge is 0.255 e. The van der Waals surface area contributed by atoms with Crippen LogP contribution >= 0.6 is 0 Å². The Hall–Kier alpha value is -2.67. The lowest BCUT2D eigenvalue weighted by molar-refractivity contribution is 0.101. The maximum absolute atomic E-state index is 12.2. The molecular weight excluding hydrogens is 340 g/mol. The molecule has 0 heterocycles. The highest BCUT2D eigenvalue weighted by Crippen LogP contribution is 2.16. The van der Waals surface area contributed by atoms with Gasteiger partial charge in [0.1, 0.15) is 0 Å². The standard InChI is InChI=1S/C18H20N2O4S/c1-3-12-25(23,24)20-17-10-8-16(9-11-17)19-18(22)15-6-4-14(5-7-15)13(2)21/h4-11,20H,3,12H2,1-2H3,(H,19,22). The fraction of sp³-hybridized carbons (Fsp3) is 0.222. The number of ketones is 1. The minimum absolute atomic E-state index is 0.0573. The van der Waals surface area contributed by atoms with Gasteiger partial charge in [-0.3, -0.25) is 14.3 Å². The van der Waals surface area contributed by atoms with Crippen LogP contribution in [0.5, 0.6) is 0 Å². The molecule has 0 aromatic heterocycles. The molecular formula is C18H20N2O4S. The van der Waals surface area contributed by atoms with E-state index in [0.717, 1.165) is 0 Å². The average Bonchev–Trinajstić information content (AvgIpc) is 2.56. The van der Waals surface area contributed by atoms with Crippen LogP contribution in [0.1, 0.15) is 41.0 Å². The van der Waals surface area contributed by atoms with Crippen LogP contribution in [0.4, 0.5) is 11.4 Å². The quantitative estimate of drug-likeness (QED) is 0.741. The average molecular weight is 360 g/mol. The van der Waals surface area contributed by atoms with Gasteiger partial charge in [-0.05, 0) is 49.7 Å². The van der Waals surface area contributed by atoms with Crippen LogP contribution in [-0.2, 0) is 10.0 Å². The summed E-state index contributed by atoms with van der Waals surface area (Å²) in [4.78, 5) is 23.4. The van der Waals surface area contributed by atoms with Crippen molar-refractivity contribution >= 4 is 33.1 Å². The molecule has 0 radical (unpaired) electrons. The van der Waals surface area contributed by atoms with Crippen molar-refractivity contribution in [2.24, 2.45) is 0 Å². The van der Waals surface area contributed by atoms with Crippen molar-refractivity contribution in [3.63, 3.8) is 0 Å². The monoisotopic (exact) mass is 360 g/mol. The molecule has 7 heteroatoms. The van der Waals surface area contributed by atoms with E-state index in [4.69, 9.17) is 0 Å². The van der Waals surface area contributed by atoms with Crippen LogP contribution in [-0.4, -0.2) is 25.9 Å². The molecule has 0 spiro atoms. The molecule has 2 rings (SSSR count). The van der Waals surface area contributed by atoms with Crippen LogP contribution in [0.2, 0.25) is 0 Å². The predicted octanol–water partition coefficient (Wildman–Crippen LogP) is 3.29. The number of carbonyl (C=O) groups excluding carboxylic acids is 2. The first kappa shape index (κ1) is 18.7. The van der Waals surface area contributed by atoms with Crippen LogP contribution in [0.3, 0.4) is 0 Å². The molecule has 0 saturated carbocycles. The molecule has 0 aliphatic rings. The molecule has 2 N–H and O–H groups in total. The van der Waals surface area contributed by atoms with Crippen LogP contribution in [0.25, 0.3) is 0 Å². The molecule has 0 bridgehead atoms. The van der Waals surface area contributed by atoms with Gasteiger partial charge in [0.15, 0.2) is 5.78 Å². The third-order valence-corrected chi connectivity index (χ3v) is 4.94. The molecule has 0 aliphatic heterocycles. The number of rotatable bonds is 7. The van der Waals surface area contributed by atoms with E-state index in [0.29, 0.717) is 28.9 Å². The molecule has 0 unspecified atom stereocenters. The highest BCUT2D eigenvalue weighted by molar-refractivity contribution is 7.92. The topological polar surface area (TPSA) is 92.3 Å². The van der Waals surface area contributed by atoms with Crippen molar-refractivity contribution in [1.29, 1.82) is 0 Å². The van der Waals surface area contributed by atoms with E-state index >= 15 is 0 Å². The van der Waals surface area contributed by atoms with Crippen molar-refractivity contribution in [2.45, 2.75) is 20.3 Å². The lowest BCUT2D eigenvalue weighted by Gasteiger charge is -2.09. The number of nitrogens with one attached hydrogen (secondary N) is 2. The van der Waals surface area contributed by atoms with Gasteiger partial charge in [0, 0.05) is 22.5 Å². The number of anilines is 2. The summed E-state index contributed by atoms with van der Waals surface area (Å²) in [5.41, 5.74) is 1.95. The Morgan fingerprint density at radius 1 is 0.880 bits per heavy atom. The van der Waals surface area contributed by atoms with Crippen LogP contribution in [0.15, 0.2) is 48.5 Å². The van der Waals surface area contributed by atoms with Gasteiger partial charge in [-0.1, -0.05) is 19.1 Å². The van der Waals surface area contributed by atoms with E-state index in [1.54, 1.807) is 55.5 Å². The van der Waals surface area contributed by atoms with Gasteiger partial charge in [0.05, 0.1) is 5.75 Å². The third kappa shape index (κ3) is 5.42. The maximum atomic E-state index is 12.2. The molecule has 25 heavy (non-hydrogen) atoms. The molecule has 0 saturated heterocycles. The second-order valence-electron chi connectivity index (χ2n) is 5.59. The normalized spacial score (nSPS) is 11.0. The Labute approximate surface area is 147 Å². The van der Waals surface area contributed by atoms with Gasteiger partial charge in [-0.25, -0.2) is 8.42 Å². The highest BCUT2D eigenvalue weighted by atomic mass is 32.2. The summed E-state index contributed by atoms with van der Waals surface area (Å²) in [5.74, 6) is -0.315. The molecule has 132 valence electrons. The minimum atomic E-state index is -3.34. The number of hydrogen-bond acceptors (Lipinski definition) is 4. The van der Waals surface area contributed by atoms with Gasteiger partial charge >= 0.3 is 0 Å². The van der Waals surface area contributed by atoms with Gasteiger partial charge in [-0.15, -0.1) is 0 Å². The summed E-state index contributed by atoms with van der Waals surface area (Å²) in [6.07, 6.45) is 0.534. The largest absolute Gasteiger partial charge is 0.322 e. The lowest BCUT2D eigenvalue weighted by atomic mass is 10.1. The summed E-state index contributed by atoms with van der Waals surface area (Å²) in [6.45, 7) is 3.26. The van der Waals surface area contributed by atoms with Crippen molar-refractivity contribution in [3.05, 3.63) is 59.7 Å². The zero-order chi connectivity index (χ0) is 18.4. The van der Waals surface area contributed by atoms with Crippen LogP contribution in [0, 0.1) is 0 Å². The zero-order valence-corrected chi connectivity index (χ0v) is 14.9. The van der Waals surface area contributed by atoms with Gasteiger partial charge in [0.2, 0.25) is 10.0 Å². The molecule has 6 nitrogen and oxygen atoms in total. The first-order valence-electron chi connectivity index (χ1n) is 7.83. The summed E-state index contributed by atoms with van der Waals surface area (Å²) < 4.78 is 25.9. The molecule has 0 atom stereocenters. The molecule has 2 aromatic rings. The molecule has 2 aromatic carbocycles. The fourth-order valence-corrected chi connectivity index (χ4v) is 3.32. The number of Topliss-reactive ketones (excluding diaryl/α,β-unsaturated/α-hetero) is 1. The Morgan fingerprint density at radius 2 is 1.40 bits per heavy atom. The van der Waals surface area contributed by atoms with E-state index in [2.05, 4.69) is 10.0 Å². The molecule has 1 amide bonds. The first-order chi connectivity index (χ1) is 11.8. The number of amides is 1. The first-order valence-corrected chi connectivity index (χ1v) is 9.49. The highest BCUT2D eigenvalue weighted by Gasteiger charge is 2.10. The predicted molar refractivity (Wildman–Crippen MR) is 98.5 cm³/mol. The summed E-state index contributed by atoms with van der Waals surface area (Å²) in [7, 11) is -3.34. The Kier molecular flexibility index (Phi) is 5.93. The summed E-state index contributed by atoms with van der Waals surface area (Å²) in [5, 5.41) is 2.72. The summed E-state index contributed by atoms with van der Waals surface area (Å²) >= 11 is 0. The van der Waals surface area contributed by atoms with Crippen LogP contribution < -0.4 is 10.0 Å². The van der Waals surface area contributed by atoms with Crippen molar-refractivity contribution < 1.29 is 18.0 Å². The van der Waals surface area contributed by atoms with E-state index in [-0.39, 0.29) is 17.4 Å². The SMILES string of the molecule is CCCS(=O)(=O)Nc1ccc(NC(=O)c2ccc(C(C)=O)cc2)cc1. The Morgan fingerprint density at radius 3 is 1.92 bits per heavy atom. The lowest BCUT2D eigenvalue weighted by Crippen LogP contribution is -2.16. The van der Waals surface area contributed by atoms with Crippen molar-refractivity contribution in [2.75, 3.05) is 15.8 Å². The zero-order valence-electron chi connectivity index (χ0n) is 14.1. The number of carbonyl (C=O) groups is 2. The second kappa shape index (κ2) is 7.94. The van der Waals surface area contributed by atoms with E-state index in [9.17, 15) is 18.0 Å². The maximum Gasteiger partial charge on any atom is 0.255 e. The van der Waals surface area contributed by atoms with E-state index < -0.39 is 10.0 Å². The van der Waals surface area contributed by atoms with Crippen molar-refractivity contribution in [3.8, 4) is 0 Å². The van der Waals surface area contributed by atoms with Crippen molar-refractivity contribution in [1.82, 2.24) is 0 Å². The van der Waals surface area contributed by atoms with E-state index in [1.165, 1.54) is 6.92 Å². The van der Waals surface area contributed by atoms with Gasteiger partial charge in [-0.2, -0.15) is 0 Å². The number of benzene rings is 2. The Balaban J connectivity index is 2.03. The van der Waals surface area contributed by atoms with E-state index in [1.807, 2.05) is 0 Å². The summed E-state index contributed by atoms with van der Waals surface area (Å²) in [6, 6.07) is 12.8. The second-order valence-corrected chi connectivity index (χ2v) is 7.43. The molecule has 0 fully saturated rings. The van der Waals surface area contributed by atoms with Gasteiger partial charge in [0.25, 0.3) is 5.91 Å².